The van der Waals surface area contributed by atoms with Crippen LogP contribution in [0.4, 0.5) is 0 Å². The molecule has 0 bridgehead atoms. The molecule has 1 aromatic rings. The summed E-state index contributed by atoms with van der Waals surface area (Å²) in [6.45, 7) is 12.3. The molecule has 1 rings (SSSR count). The molecule has 178 valence electrons. The van der Waals surface area contributed by atoms with Gasteiger partial charge in [0.1, 0.15) is 11.2 Å². The van der Waals surface area contributed by atoms with Gasteiger partial charge in [0.25, 0.3) is 5.91 Å². The highest BCUT2D eigenvalue weighted by Crippen LogP contribution is 2.21. The van der Waals surface area contributed by atoms with Gasteiger partial charge in [0, 0.05) is 12.8 Å². The molecule has 0 aromatic heterocycles. The molecule has 1 amide bonds. The summed E-state index contributed by atoms with van der Waals surface area (Å²) >= 11 is 0. The maximum atomic E-state index is 12.8. The second-order valence-electron chi connectivity index (χ2n) is 9.53. The Balaban J connectivity index is 2.93. The summed E-state index contributed by atoms with van der Waals surface area (Å²) in [4.78, 5) is 53.0. The van der Waals surface area contributed by atoms with Gasteiger partial charge in [0.05, 0.1) is 11.5 Å². The van der Waals surface area contributed by atoms with Gasteiger partial charge in [0.2, 0.25) is 0 Å². The summed E-state index contributed by atoms with van der Waals surface area (Å²) in [6, 6.07) is 6.84. The van der Waals surface area contributed by atoms with E-state index in [-0.39, 0.29) is 25.7 Å². The van der Waals surface area contributed by atoms with E-state index in [4.69, 9.17) is 9.47 Å². The largest absolute Gasteiger partial charge is 0.460 e. The first-order valence-electron chi connectivity index (χ1n) is 10.7. The smallest absolute Gasteiger partial charge is 0.338 e. The number of hydroxylamine groups is 1. The summed E-state index contributed by atoms with van der Waals surface area (Å²) in [7, 11) is 0. The molecule has 0 spiro atoms. The van der Waals surface area contributed by atoms with Crippen molar-refractivity contribution in [1.29, 1.82) is 0 Å². The first kappa shape index (κ1) is 27.1. The number of carbonyl (C=O) groups is 4. The standard InChI is InChI=1S/C24H35NO7/c1-8-20(27)32-25-19(26)13-12-18(22(29)31-24(5,6)7)15-16-10-9-11-17(14-16)21(28)30-23(2,3)4/h9-11,14,18H,8,12-13,15H2,1-7H3,(H,25,26). The molecule has 0 radical (unpaired) electrons. The Hall–Kier alpha value is -2.90. The topological polar surface area (TPSA) is 108 Å². The lowest BCUT2D eigenvalue weighted by molar-refractivity contribution is -0.161. The Labute approximate surface area is 189 Å². The fraction of sp³-hybridized carbons (Fsp3) is 0.583. The molecule has 0 aliphatic heterocycles. The first-order valence-corrected chi connectivity index (χ1v) is 10.7. The van der Waals surface area contributed by atoms with Gasteiger partial charge >= 0.3 is 17.9 Å². The molecule has 8 heteroatoms. The monoisotopic (exact) mass is 449 g/mol. The van der Waals surface area contributed by atoms with Crippen molar-refractivity contribution in [3.05, 3.63) is 35.4 Å². The Morgan fingerprint density at radius 2 is 1.59 bits per heavy atom. The van der Waals surface area contributed by atoms with E-state index in [9.17, 15) is 19.2 Å². The highest BCUT2D eigenvalue weighted by molar-refractivity contribution is 5.90. The van der Waals surface area contributed by atoms with Gasteiger partial charge in [-0.05, 0) is 72.1 Å². The number of nitrogens with one attached hydrogen (secondary N) is 1. The van der Waals surface area contributed by atoms with Crippen LogP contribution >= 0.6 is 0 Å². The molecular formula is C24H35NO7. The molecule has 0 heterocycles. The molecule has 0 aliphatic rings. The summed E-state index contributed by atoms with van der Waals surface area (Å²) in [5.41, 5.74) is 1.89. The molecule has 0 saturated heterocycles. The summed E-state index contributed by atoms with van der Waals surface area (Å²) in [5.74, 6) is -2.59. The van der Waals surface area contributed by atoms with Gasteiger partial charge in [-0.15, -0.1) is 0 Å². The fourth-order valence-electron chi connectivity index (χ4n) is 2.68. The lowest BCUT2D eigenvalue weighted by Crippen LogP contribution is -2.32. The molecule has 0 aliphatic carbocycles. The van der Waals surface area contributed by atoms with Gasteiger partial charge in [-0.3, -0.25) is 9.59 Å². The Morgan fingerprint density at radius 1 is 0.969 bits per heavy atom. The quantitative estimate of drug-likeness (QED) is 0.364. The first-order chi connectivity index (χ1) is 14.7. The lowest BCUT2D eigenvalue weighted by atomic mass is 9.93. The molecule has 1 atom stereocenters. The minimum atomic E-state index is -0.688. The van der Waals surface area contributed by atoms with E-state index < -0.39 is 40.9 Å². The van der Waals surface area contributed by atoms with Crippen molar-refractivity contribution in [3.8, 4) is 0 Å². The number of amides is 1. The Kier molecular flexibility index (Phi) is 9.87. The maximum absolute atomic E-state index is 12.8. The van der Waals surface area contributed by atoms with Crippen LogP contribution in [0.5, 0.6) is 0 Å². The van der Waals surface area contributed by atoms with Crippen molar-refractivity contribution in [2.75, 3.05) is 0 Å². The normalized spacial score (nSPS) is 12.5. The van der Waals surface area contributed by atoms with Gasteiger partial charge in [-0.1, -0.05) is 19.1 Å². The number of hydrogen-bond donors (Lipinski definition) is 1. The highest BCUT2D eigenvalue weighted by atomic mass is 16.7. The summed E-state index contributed by atoms with van der Waals surface area (Å²) in [6.07, 6.45) is 0.552. The predicted molar refractivity (Wildman–Crippen MR) is 118 cm³/mol. The molecule has 8 nitrogen and oxygen atoms in total. The zero-order valence-electron chi connectivity index (χ0n) is 20.1. The summed E-state index contributed by atoms with van der Waals surface area (Å²) < 4.78 is 10.9. The van der Waals surface area contributed by atoms with Crippen LogP contribution < -0.4 is 5.48 Å². The van der Waals surface area contributed by atoms with Crippen LogP contribution in [-0.2, 0) is 35.1 Å². The van der Waals surface area contributed by atoms with Crippen LogP contribution in [0.25, 0.3) is 0 Å². The number of rotatable bonds is 8. The zero-order chi connectivity index (χ0) is 24.5. The molecular weight excluding hydrogens is 414 g/mol. The molecule has 1 aromatic carbocycles. The lowest BCUT2D eigenvalue weighted by Gasteiger charge is -2.24. The third-order valence-corrected chi connectivity index (χ3v) is 4.07. The highest BCUT2D eigenvalue weighted by Gasteiger charge is 2.27. The van der Waals surface area contributed by atoms with Crippen molar-refractivity contribution < 1.29 is 33.5 Å². The van der Waals surface area contributed by atoms with Gasteiger partial charge in [0.15, 0.2) is 0 Å². The Morgan fingerprint density at radius 3 is 2.16 bits per heavy atom. The Bertz CT molecular complexity index is 818. The van der Waals surface area contributed by atoms with E-state index in [1.807, 2.05) is 0 Å². The van der Waals surface area contributed by atoms with Crippen LogP contribution in [0, 0.1) is 5.92 Å². The number of benzene rings is 1. The second-order valence-corrected chi connectivity index (χ2v) is 9.53. The average molecular weight is 450 g/mol. The van der Waals surface area contributed by atoms with E-state index in [0.717, 1.165) is 5.56 Å². The molecule has 0 saturated carbocycles. The van der Waals surface area contributed by atoms with Crippen LogP contribution in [0.2, 0.25) is 0 Å². The van der Waals surface area contributed by atoms with Gasteiger partial charge in [-0.2, -0.15) is 5.48 Å². The van der Waals surface area contributed by atoms with Gasteiger partial charge < -0.3 is 14.3 Å². The van der Waals surface area contributed by atoms with Crippen LogP contribution in [-0.4, -0.2) is 35.0 Å². The van der Waals surface area contributed by atoms with Crippen LogP contribution in [0.3, 0.4) is 0 Å². The van der Waals surface area contributed by atoms with E-state index in [1.165, 1.54) is 0 Å². The number of esters is 2. The van der Waals surface area contributed by atoms with Gasteiger partial charge in [-0.25, -0.2) is 9.59 Å². The third kappa shape index (κ3) is 10.9. The number of hydrogen-bond acceptors (Lipinski definition) is 7. The summed E-state index contributed by atoms with van der Waals surface area (Å²) in [5, 5.41) is 0. The van der Waals surface area contributed by atoms with Crippen molar-refractivity contribution in [3.63, 3.8) is 0 Å². The SMILES string of the molecule is CCC(=O)ONC(=O)CCC(Cc1cccc(C(=O)OC(C)(C)C)c1)C(=O)OC(C)(C)C. The van der Waals surface area contributed by atoms with Crippen molar-refractivity contribution in [2.24, 2.45) is 5.92 Å². The van der Waals surface area contributed by atoms with E-state index in [1.54, 1.807) is 72.7 Å². The van der Waals surface area contributed by atoms with Crippen LogP contribution in [0.1, 0.15) is 83.7 Å². The molecule has 1 N–H and O–H groups in total. The number of carbonyl (C=O) groups excluding carboxylic acids is 4. The zero-order valence-corrected chi connectivity index (χ0v) is 20.1. The molecule has 0 fully saturated rings. The van der Waals surface area contributed by atoms with E-state index >= 15 is 0 Å². The second kappa shape index (κ2) is 11.6. The predicted octanol–water partition coefficient (Wildman–Crippen LogP) is 3.91. The van der Waals surface area contributed by atoms with Crippen molar-refractivity contribution in [1.82, 2.24) is 5.48 Å². The minimum Gasteiger partial charge on any atom is -0.460 e. The van der Waals surface area contributed by atoms with E-state index in [0.29, 0.717) is 5.56 Å². The van der Waals surface area contributed by atoms with Crippen molar-refractivity contribution in [2.45, 2.75) is 85.4 Å². The minimum absolute atomic E-state index is 0.0351. The molecule has 32 heavy (non-hydrogen) atoms. The third-order valence-electron chi connectivity index (χ3n) is 4.07. The van der Waals surface area contributed by atoms with E-state index in [2.05, 4.69) is 10.3 Å². The van der Waals surface area contributed by atoms with Crippen LogP contribution in [0.15, 0.2) is 24.3 Å². The molecule has 1 unspecified atom stereocenters. The average Bonchev–Trinajstić information content (AvgIpc) is 2.66. The maximum Gasteiger partial charge on any atom is 0.338 e. The fourth-order valence-corrected chi connectivity index (χ4v) is 2.68. The number of ether oxygens (including phenoxy) is 2. The van der Waals surface area contributed by atoms with Crippen molar-refractivity contribution >= 4 is 23.8 Å².